The Kier molecular flexibility index (Phi) is 3.11. The topological polar surface area (TPSA) is 29.9 Å². The Morgan fingerprint density at radius 2 is 2.39 bits per heavy atom. The van der Waals surface area contributed by atoms with Crippen molar-refractivity contribution in [2.75, 3.05) is 6.54 Å². The molecule has 18 heavy (non-hydrogen) atoms. The number of hydrogen-bond acceptors (Lipinski definition) is 2. The van der Waals surface area contributed by atoms with E-state index in [1.165, 1.54) is 18.2 Å². The van der Waals surface area contributed by atoms with Crippen molar-refractivity contribution in [2.45, 2.75) is 25.4 Å². The van der Waals surface area contributed by atoms with Gasteiger partial charge in [0.05, 0.1) is 12.0 Å². The van der Waals surface area contributed by atoms with Crippen molar-refractivity contribution in [3.8, 4) is 0 Å². The van der Waals surface area contributed by atoms with Crippen LogP contribution in [0, 0.1) is 5.82 Å². The van der Waals surface area contributed by atoms with Crippen molar-refractivity contribution in [3.05, 3.63) is 53.9 Å². The van der Waals surface area contributed by atoms with Crippen molar-refractivity contribution in [1.82, 2.24) is 14.9 Å². The molecule has 0 radical (unpaired) electrons. The number of rotatable bonds is 3. The van der Waals surface area contributed by atoms with E-state index in [1.54, 1.807) is 12.1 Å². The molecule has 1 fully saturated rings. The van der Waals surface area contributed by atoms with Crippen LogP contribution in [-0.2, 0) is 6.54 Å². The summed E-state index contributed by atoms with van der Waals surface area (Å²) < 4.78 is 15.3. The number of halogens is 1. The lowest BCUT2D eigenvalue weighted by Gasteiger charge is -2.14. The van der Waals surface area contributed by atoms with E-state index in [2.05, 4.69) is 14.9 Å². The molecule has 1 saturated heterocycles. The molecule has 0 bridgehead atoms. The number of aromatic nitrogens is 2. The molecule has 1 unspecified atom stereocenters. The van der Waals surface area contributed by atoms with Crippen molar-refractivity contribution >= 4 is 0 Å². The van der Waals surface area contributed by atoms with Crippen LogP contribution in [0.15, 0.2) is 36.8 Å². The Labute approximate surface area is 106 Å². The molecule has 94 valence electrons. The molecule has 1 aliphatic heterocycles. The van der Waals surface area contributed by atoms with E-state index < -0.39 is 0 Å². The number of nitrogens with one attached hydrogen (secondary N) is 1. The zero-order valence-electron chi connectivity index (χ0n) is 10.1. The summed E-state index contributed by atoms with van der Waals surface area (Å²) >= 11 is 0. The Balaban J connectivity index is 1.82. The van der Waals surface area contributed by atoms with Gasteiger partial charge in [-0.05, 0) is 37.1 Å². The van der Waals surface area contributed by atoms with Crippen molar-refractivity contribution < 1.29 is 4.39 Å². The first-order valence-corrected chi connectivity index (χ1v) is 6.31. The van der Waals surface area contributed by atoms with Gasteiger partial charge in [-0.25, -0.2) is 9.37 Å². The SMILES string of the molecule is Fc1cccc(Cn2cncc2C2CCCN2)c1. The van der Waals surface area contributed by atoms with E-state index in [0.717, 1.165) is 18.5 Å². The van der Waals surface area contributed by atoms with Crippen LogP contribution in [0.4, 0.5) is 4.39 Å². The molecule has 0 aliphatic carbocycles. The third kappa shape index (κ3) is 2.29. The summed E-state index contributed by atoms with van der Waals surface area (Å²) in [6, 6.07) is 7.12. The maximum absolute atomic E-state index is 13.2. The Morgan fingerprint density at radius 3 is 3.17 bits per heavy atom. The summed E-state index contributed by atoms with van der Waals surface area (Å²) in [5.41, 5.74) is 2.16. The van der Waals surface area contributed by atoms with E-state index >= 15 is 0 Å². The summed E-state index contributed by atoms with van der Waals surface area (Å²) in [7, 11) is 0. The number of hydrogen-bond donors (Lipinski definition) is 1. The molecule has 0 spiro atoms. The van der Waals surface area contributed by atoms with Crippen LogP contribution >= 0.6 is 0 Å². The monoisotopic (exact) mass is 245 g/mol. The van der Waals surface area contributed by atoms with Crippen molar-refractivity contribution in [1.29, 1.82) is 0 Å². The van der Waals surface area contributed by atoms with Gasteiger partial charge in [-0.3, -0.25) is 0 Å². The van der Waals surface area contributed by atoms with Crippen molar-refractivity contribution in [3.63, 3.8) is 0 Å². The minimum atomic E-state index is -0.187. The maximum Gasteiger partial charge on any atom is 0.123 e. The Bertz CT molecular complexity index is 529. The Hall–Kier alpha value is -1.68. The van der Waals surface area contributed by atoms with Crippen LogP contribution in [0.5, 0.6) is 0 Å². The summed E-state index contributed by atoms with van der Waals surface area (Å²) in [6.07, 6.45) is 6.08. The van der Waals surface area contributed by atoms with Crippen LogP contribution in [0.2, 0.25) is 0 Å². The van der Waals surface area contributed by atoms with Crippen LogP contribution in [0.1, 0.15) is 30.1 Å². The molecule has 2 aromatic rings. The third-order valence-electron chi connectivity index (χ3n) is 3.40. The molecule has 1 aromatic carbocycles. The minimum Gasteiger partial charge on any atom is -0.329 e. The second-order valence-electron chi connectivity index (χ2n) is 4.73. The van der Waals surface area contributed by atoms with Gasteiger partial charge in [0.15, 0.2) is 0 Å². The van der Waals surface area contributed by atoms with E-state index in [-0.39, 0.29) is 5.82 Å². The standard InChI is InChI=1S/C14H16FN3/c15-12-4-1-3-11(7-12)9-18-10-16-8-14(18)13-5-2-6-17-13/h1,3-4,7-8,10,13,17H,2,5-6,9H2. The highest BCUT2D eigenvalue weighted by atomic mass is 19.1. The maximum atomic E-state index is 13.2. The largest absolute Gasteiger partial charge is 0.329 e. The molecular formula is C14H16FN3. The summed E-state index contributed by atoms with van der Waals surface area (Å²) in [4.78, 5) is 4.21. The van der Waals surface area contributed by atoms with E-state index in [0.29, 0.717) is 12.6 Å². The van der Waals surface area contributed by atoms with Crippen LogP contribution in [0.25, 0.3) is 0 Å². The highest BCUT2D eigenvalue weighted by Crippen LogP contribution is 2.23. The highest BCUT2D eigenvalue weighted by Gasteiger charge is 2.19. The summed E-state index contributed by atoms with van der Waals surface area (Å²) in [5.74, 6) is -0.187. The lowest BCUT2D eigenvalue weighted by Crippen LogP contribution is -2.17. The van der Waals surface area contributed by atoms with E-state index in [1.807, 2.05) is 18.6 Å². The second-order valence-corrected chi connectivity index (χ2v) is 4.73. The highest BCUT2D eigenvalue weighted by molar-refractivity contribution is 5.18. The normalized spacial score (nSPS) is 19.3. The number of imidazole rings is 1. The fourth-order valence-corrected chi connectivity index (χ4v) is 2.52. The first-order chi connectivity index (χ1) is 8.83. The molecule has 2 heterocycles. The molecule has 1 aliphatic rings. The van der Waals surface area contributed by atoms with Gasteiger partial charge < -0.3 is 9.88 Å². The second kappa shape index (κ2) is 4.90. The predicted molar refractivity (Wildman–Crippen MR) is 67.7 cm³/mol. The zero-order chi connectivity index (χ0) is 12.4. The number of benzene rings is 1. The van der Waals surface area contributed by atoms with Crippen LogP contribution in [-0.4, -0.2) is 16.1 Å². The summed E-state index contributed by atoms with van der Waals surface area (Å²) in [5, 5.41) is 3.46. The minimum absolute atomic E-state index is 0.187. The molecule has 3 nitrogen and oxygen atoms in total. The van der Waals surface area contributed by atoms with Gasteiger partial charge in [-0.2, -0.15) is 0 Å². The Morgan fingerprint density at radius 1 is 1.44 bits per heavy atom. The van der Waals surface area contributed by atoms with Gasteiger partial charge in [-0.1, -0.05) is 12.1 Å². The first kappa shape index (κ1) is 11.4. The van der Waals surface area contributed by atoms with Gasteiger partial charge >= 0.3 is 0 Å². The quantitative estimate of drug-likeness (QED) is 0.900. The summed E-state index contributed by atoms with van der Waals surface area (Å²) in [6.45, 7) is 1.74. The van der Waals surface area contributed by atoms with Gasteiger partial charge in [0.2, 0.25) is 0 Å². The van der Waals surface area contributed by atoms with Crippen LogP contribution in [0.3, 0.4) is 0 Å². The fraction of sp³-hybridized carbons (Fsp3) is 0.357. The molecular weight excluding hydrogens is 229 g/mol. The van der Waals surface area contributed by atoms with Gasteiger partial charge in [0, 0.05) is 18.8 Å². The van der Waals surface area contributed by atoms with Gasteiger partial charge in [-0.15, -0.1) is 0 Å². The van der Waals surface area contributed by atoms with Crippen LogP contribution < -0.4 is 5.32 Å². The molecule has 4 heteroatoms. The molecule has 0 saturated carbocycles. The van der Waals surface area contributed by atoms with E-state index in [9.17, 15) is 4.39 Å². The first-order valence-electron chi connectivity index (χ1n) is 6.31. The van der Waals surface area contributed by atoms with Gasteiger partial charge in [0.25, 0.3) is 0 Å². The third-order valence-corrected chi connectivity index (χ3v) is 3.40. The predicted octanol–water partition coefficient (Wildman–Crippen LogP) is 2.50. The lowest BCUT2D eigenvalue weighted by molar-refractivity contribution is 0.581. The van der Waals surface area contributed by atoms with E-state index in [4.69, 9.17) is 0 Å². The average Bonchev–Trinajstić information content (AvgIpc) is 2.98. The van der Waals surface area contributed by atoms with Crippen molar-refractivity contribution in [2.24, 2.45) is 0 Å². The fourth-order valence-electron chi connectivity index (χ4n) is 2.52. The molecule has 0 amide bonds. The average molecular weight is 245 g/mol. The molecule has 1 atom stereocenters. The molecule has 1 N–H and O–H groups in total. The zero-order valence-corrected chi connectivity index (χ0v) is 10.1. The molecule has 3 rings (SSSR count). The molecule has 1 aromatic heterocycles. The van der Waals surface area contributed by atoms with Gasteiger partial charge in [0.1, 0.15) is 5.82 Å². The lowest BCUT2D eigenvalue weighted by atomic mass is 10.1. The number of nitrogens with zero attached hydrogens (tertiary/aromatic N) is 2. The smallest absolute Gasteiger partial charge is 0.123 e.